The zero-order valence-corrected chi connectivity index (χ0v) is 11.0. The molecule has 0 bridgehead atoms. The monoisotopic (exact) mass is 269 g/mol. The molecule has 0 atom stereocenters. The van der Waals surface area contributed by atoms with E-state index in [1.807, 2.05) is 54.6 Å². The lowest BCUT2D eigenvalue weighted by atomic mass is 10.2. The summed E-state index contributed by atoms with van der Waals surface area (Å²) in [6.07, 6.45) is 0. The number of nitrogens with zero attached hydrogens (tertiary/aromatic N) is 3. The van der Waals surface area contributed by atoms with Gasteiger partial charge in [0.2, 0.25) is 0 Å². The quantitative estimate of drug-likeness (QED) is 0.330. The van der Waals surface area contributed by atoms with Crippen LogP contribution in [-0.2, 0) is 6.61 Å². The Kier molecular flexibility index (Phi) is 5.31. The first-order valence-corrected chi connectivity index (χ1v) is 6.29. The minimum atomic E-state index is 0.322. The topological polar surface area (TPSA) is 67.2 Å². The standard InChI is InChI=1S/C15H15N3O2/c16-18-17-10-11-19-14-6-8-15(9-7-14)20-12-13-4-2-1-3-5-13/h1-9H,10-12H2. The third-order valence-corrected chi connectivity index (χ3v) is 2.60. The maximum absolute atomic E-state index is 8.14. The molecule has 0 heterocycles. The molecule has 0 N–H and O–H groups in total. The van der Waals surface area contributed by atoms with Crippen LogP contribution in [0.2, 0.25) is 0 Å². The molecule has 5 heteroatoms. The Morgan fingerprint density at radius 2 is 1.55 bits per heavy atom. The van der Waals surface area contributed by atoms with Crippen LogP contribution in [0, 0.1) is 0 Å². The Bertz CT molecular complexity index is 563. The van der Waals surface area contributed by atoms with Crippen molar-refractivity contribution in [3.05, 3.63) is 70.6 Å². The third-order valence-electron chi connectivity index (χ3n) is 2.60. The number of ether oxygens (including phenoxy) is 2. The highest BCUT2D eigenvalue weighted by atomic mass is 16.5. The molecule has 0 fully saturated rings. The van der Waals surface area contributed by atoms with E-state index in [2.05, 4.69) is 10.0 Å². The summed E-state index contributed by atoms with van der Waals surface area (Å²) in [5.41, 5.74) is 9.27. The molecule has 0 aliphatic rings. The van der Waals surface area contributed by atoms with Crippen molar-refractivity contribution in [2.45, 2.75) is 6.61 Å². The van der Waals surface area contributed by atoms with Gasteiger partial charge in [0.25, 0.3) is 0 Å². The lowest BCUT2D eigenvalue weighted by Crippen LogP contribution is -2.00. The maximum atomic E-state index is 8.14. The molecule has 0 amide bonds. The van der Waals surface area contributed by atoms with Crippen molar-refractivity contribution < 1.29 is 9.47 Å². The number of hydrogen-bond donors (Lipinski definition) is 0. The molecule has 0 spiro atoms. The summed E-state index contributed by atoms with van der Waals surface area (Å²) in [6, 6.07) is 17.4. The van der Waals surface area contributed by atoms with Crippen LogP contribution in [0.25, 0.3) is 10.4 Å². The highest BCUT2D eigenvalue weighted by molar-refractivity contribution is 5.31. The van der Waals surface area contributed by atoms with E-state index in [-0.39, 0.29) is 0 Å². The van der Waals surface area contributed by atoms with Gasteiger partial charge in [-0.25, -0.2) is 0 Å². The molecule has 102 valence electrons. The number of hydrogen-bond acceptors (Lipinski definition) is 3. The van der Waals surface area contributed by atoms with Gasteiger partial charge in [-0.1, -0.05) is 35.4 Å². The zero-order valence-electron chi connectivity index (χ0n) is 11.0. The van der Waals surface area contributed by atoms with Crippen molar-refractivity contribution in [1.29, 1.82) is 0 Å². The van der Waals surface area contributed by atoms with Crippen LogP contribution in [0.3, 0.4) is 0 Å². The predicted octanol–water partition coefficient (Wildman–Crippen LogP) is 3.95. The maximum Gasteiger partial charge on any atom is 0.120 e. The fourth-order valence-electron chi connectivity index (χ4n) is 1.62. The highest BCUT2D eigenvalue weighted by Gasteiger charge is 1.97. The van der Waals surface area contributed by atoms with Crippen molar-refractivity contribution in [3.63, 3.8) is 0 Å². The van der Waals surface area contributed by atoms with Gasteiger partial charge in [-0.05, 0) is 35.4 Å². The van der Waals surface area contributed by atoms with E-state index in [0.717, 1.165) is 17.1 Å². The van der Waals surface area contributed by atoms with E-state index >= 15 is 0 Å². The van der Waals surface area contributed by atoms with E-state index in [1.165, 1.54) is 0 Å². The van der Waals surface area contributed by atoms with E-state index in [4.69, 9.17) is 15.0 Å². The number of benzene rings is 2. The van der Waals surface area contributed by atoms with Crippen molar-refractivity contribution in [1.82, 2.24) is 0 Å². The summed E-state index contributed by atoms with van der Waals surface area (Å²) in [7, 11) is 0. The number of rotatable bonds is 7. The van der Waals surface area contributed by atoms with Crippen LogP contribution in [0.15, 0.2) is 59.7 Å². The molecular weight excluding hydrogens is 254 g/mol. The van der Waals surface area contributed by atoms with Crippen molar-refractivity contribution in [2.75, 3.05) is 13.2 Å². The summed E-state index contributed by atoms with van der Waals surface area (Å²) < 4.78 is 11.1. The van der Waals surface area contributed by atoms with E-state index < -0.39 is 0 Å². The molecule has 2 aromatic rings. The first-order valence-electron chi connectivity index (χ1n) is 6.29. The molecule has 5 nitrogen and oxygen atoms in total. The summed E-state index contributed by atoms with van der Waals surface area (Å²) >= 11 is 0. The predicted molar refractivity (Wildman–Crippen MR) is 76.7 cm³/mol. The molecule has 0 aromatic heterocycles. The van der Waals surface area contributed by atoms with Gasteiger partial charge in [-0.2, -0.15) is 0 Å². The molecule has 0 unspecified atom stereocenters. The van der Waals surface area contributed by atoms with Crippen LogP contribution in [0.1, 0.15) is 5.56 Å². The third kappa shape index (κ3) is 4.55. The Balaban J connectivity index is 1.80. The first kappa shape index (κ1) is 13.8. The largest absolute Gasteiger partial charge is 0.493 e. The Labute approximate surface area is 117 Å². The van der Waals surface area contributed by atoms with Gasteiger partial charge in [-0.15, -0.1) is 0 Å². The highest BCUT2D eigenvalue weighted by Crippen LogP contribution is 2.18. The van der Waals surface area contributed by atoms with Crippen LogP contribution in [0.4, 0.5) is 0 Å². The van der Waals surface area contributed by atoms with Crippen LogP contribution < -0.4 is 9.47 Å². The Hall–Kier alpha value is -2.65. The van der Waals surface area contributed by atoms with Crippen molar-refractivity contribution >= 4 is 0 Å². The fourth-order valence-corrected chi connectivity index (χ4v) is 1.62. The van der Waals surface area contributed by atoms with Gasteiger partial charge in [0, 0.05) is 4.91 Å². The Morgan fingerprint density at radius 1 is 0.900 bits per heavy atom. The van der Waals surface area contributed by atoms with Crippen LogP contribution >= 0.6 is 0 Å². The summed E-state index contributed by atoms with van der Waals surface area (Å²) in [4.78, 5) is 2.66. The lowest BCUT2D eigenvalue weighted by molar-refractivity contribution is 0.303. The normalized spacial score (nSPS) is 9.60. The summed E-state index contributed by atoms with van der Waals surface area (Å²) in [6.45, 7) is 1.23. The van der Waals surface area contributed by atoms with Crippen molar-refractivity contribution in [2.24, 2.45) is 5.11 Å². The molecule has 20 heavy (non-hydrogen) atoms. The number of azide groups is 1. The van der Waals surface area contributed by atoms with E-state index in [1.54, 1.807) is 0 Å². The SMILES string of the molecule is [N-]=[N+]=NCCOc1ccc(OCc2ccccc2)cc1. The van der Waals surface area contributed by atoms with Crippen LogP contribution in [-0.4, -0.2) is 13.2 Å². The molecular formula is C15H15N3O2. The second-order valence-electron chi connectivity index (χ2n) is 4.05. The van der Waals surface area contributed by atoms with E-state index in [0.29, 0.717) is 19.8 Å². The average Bonchev–Trinajstić information content (AvgIpc) is 2.52. The minimum absolute atomic E-state index is 0.322. The zero-order chi connectivity index (χ0) is 14.0. The second kappa shape index (κ2) is 7.71. The molecule has 0 saturated carbocycles. The molecule has 0 aliphatic carbocycles. The minimum Gasteiger partial charge on any atom is -0.493 e. The molecule has 2 aromatic carbocycles. The molecule has 0 aliphatic heterocycles. The summed E-state index contributed by atoms with van der Waals surface area (Å²) in [5.74, 6) is 1.52. The van der Waals surface area contributed by atoms with Crippen LogP contribution in [0.5, 0.6) is 11.5 Å². The van der Waals surface area contributed by atoms with Gasteiger partial charge in [0.1, 0.15) is 18.1 Å². The van der Waals surface area contributed by atoms with Crippen molar-refractivity contribution in [3.8, 4) is 11.5 Å². The second-order valence-corrected chi connectivity index (χ2v) is 4.05. The van der Waals surface area contributed by atoms with Gasteiger partial charge in [0.15, 0.2) is 0 Å². The van der Waals surface area contributed by atoms with Gasteiger partial charge < -0.3 is 9.47 Å². The van der Waals surface area contributed by atoms with Gasteiger partial charge in [-0.3, -0.25) is 0 Å². The van der Waals surface area contributed by atoms with E-state index in [9.17, 15) is 0 Å². The smallest absolute Gasteiger partial charge is 0.120 e. The first-order chi connectivity index (χ1) is 9.88. The summed E-state index contributed by atoms with van der Waals surface area (Å²) in [5, 5.41) is 3.40. The van der Waals surface area contributed by atoms with Gasteiger partial charge in [0.05, 0.1) is 13.2 Å². The fraction of sp³-hybridized carbons (Fsp3) is 0.200. The molecule has 2 rings (SSSR count). The average molecular weight is 269 g/mol. The van der Waals surface area contributed by atoms with Gasteiger partial charge >= 0.3 is 0 Å². The lowest BCUT2D eigenvalue weighted by Gasteiger charge is -2.08. The Morgan fingerprint density at radius 3 is 2.20 bits per heavy atom. The molecule has 0 radical (unpaired) electrons. The molecule has 0 saturated heterocycles.